The van der Waals surface area contributed by atoms with Crippen LogP contribution in [0.4, 0.5) is 4.39 Å². The molecule has 0 bridgehead atoms. The maximum Gasteiger partial charge on any atom is 0.261 e. The zero-order chi connectivity index (χ0) is 16.8. The Balaban J connectivity index is 2.02. The highest BCUT2D eigenvalue weighted by Gasteiger charge is 2.21. The Morgan fingerprint density at radius 3 is 2.43 bits per heavy atom. The summed E-state index contributed by atoms with van der Waals surface area (Å²) < 4.78 is 18.8. The van der Waals surface area contributed by atoms with Crippen LogP contribution >= 0.6 is 0 Å². The Morgan fingerprint density at radius 2 is 1.83 bits per heavy atom. The van der Waals surface area contributed by atoms with Crippen LogP contribution in [-0.2, 0) is 4.79 Å². The lowest BCUT2D eigenvalue weighted by Crippen LogP contribution is -2.39. The van der Waals surface area contributed by atoms with Crippen LogP contribution in [0.15, 0.2) is 48.5 Å². The third-order valence-corrected chi connectivity index (χ3v) is 3.75. The van der Waals surface area contributed by atoms with Crippen molar-refractivity contribution in [3.8, 4) is 5.75 Å². The largest absolute Gasteiger partial charge is 0.480 e. The fraction of sp³-hybridized carbons (Fsp3) is 0.316. The number of rotatable bonds is 6. The van der Waals surface area contributed by atoms with Gasteiger partial charge in [-0.05, 0) is 49.6 Å². The Kier molecular flexibility index (Phi) is 5.74. The Morgan fingerprint density at radius 1 is 1.17 bits per heavy atom. The first-order chi connectivity index (χ1) is 11.0. The molecule has 1 amide bonds. The summed E-state index contributed by atoms with van der Waals surface area (Å²) in [7, 11) is 0. The van der Waals surface area contributed by atoms with Crippen molar-refractivity contribution in [2.75, 3.05) is 0 Å². The van der Waals surface area contributed by atoms with Crippen molar-refractivity contribution in [1.82, 2.24) is 5.32 Å². The molecule has 0 heterocycles. The number of para-hydroxylation sites is 1. The maximum atomic E-state index is 13.0. The van der Waals surface area contributed by atoms with Crippen LogP contribution in [0, 0.1) is 12.7 Å². The van der Waals surface area contributed by atoms with E-state index < -0.39 is 6.10 Å². The first-order valence-electron chi connectivity index (χ1n) is 7.79. The van der Waals surface area contributed by atoms with E-state index in [1.807, 2.05) is 45.0 Å². The van der Waals surface area contributed by atoms with Gasteiger partial charge >= 0.3 is 0 Å². The molecule has 1 N–H and O–H groups in total. The first-order valence-corrected chi connectivity index (χ1v) is 7.79. The molecule has 0 aromatic heterocycles. The lowest BCUT2D eigenvalue weighted by molar-refractivity contribution is -0.128. The van der Waals surface area contributed by atoms with Gasteiger partial charge in [-0.25, -0.2) is 4.39 Å². The molecule has 0 aliphatic rings. The van der Waals surface area contributed by atoms with Gasteiger partial charge in [-0.3, -0.25) is 4.79 Å². The van der Waals surface area contributed by atoms with E-state index in [0.717, 1.165) is 11.1 Å². The molecule has 0 radical (unpaired) electrons. The average Bonchev–Trinajstić information content (AvgIpc) is 2.54. The van der Waals surface area contributed by atoms with Gasteiger partial charge in [0.15, 0.2) is 6.10 Å². The van der Waals surface area contributed by atoms with Gasteiger partial charge in [-0.1, -0.05) is 37.3 Å². The molecule has 2 rings (SSSR count). The molecule has 0 saturated heterocycles. The topological polar surface area (TPSA) is 38.3 Å². The van der Waals surface area contributed by atoms with Gasteiger partial charge in [0, 0.05) is 0 Å². The molecule has 0 unspecified atom stereocenters. The van der Waals surface area contributed by atoms with Crippen molar-refractivity contribution in [2.45, 2.75) is 39.3 Å². The number of aryl methyl sites for hydroxylation is 1. The van der Waals surface area contributed by atoms with E-state index in [1.165, 1.54) is 12.1 Å². The predicted octanol–water partition coefficient (Wildman–Crippen LogP) is 4.17. The predicted molar refractivity (Wildman–Crippen MR) is 88.8 cm³/mol. The molecule has 4 heteroatoms. The number of carbonyl (C=O) groups is 1. The molecule has 2 aromatic rings. The van der Waals surface area contributed by atoms with E-state index in [2.05, 4.69) is 5.32 Å². The number of carbonyl (C=O) groups excluding carboxylic acids is 1. The Labute approximate surface area is 136 Å². The normalized spacial score (nSPS) is 13.2. The minimum Gasteiger partial charge on any atom is -0.480 e. The van der Waals surface area contributed by atoms with Crippen LogP contribution in [0.3, 0.4) is 0 Å². The molecular formula is C19H22FNO2. The van der Waals surface area contributed by atoms with Gasteiger partial charge in [-0.15, -0.1) is 0 Å². The molecule has 122 valence electrons. The van der Waals surface area contributed by atoms with Crippen LogP contribution in [0.25, 0.3) is 0 Å². The molecule has 0 saturated carbocycles. The van der Waals surface area contributed by atoms with Crippen LogP contribution < -0.4 is 10.1 Å². The molecule has 2 atom stereocenters. The lowest BCUT2D eigenvalue weighted by atomic mass is 10.1. The first kappa shape index (κ1) is 17.0. The van der Waals surface area contributed by atoms with Crippen molar-refractivity contribution in [1.29, 1.82) is 0 Å². The van der Waals surface area contributed by atoms with Gasteiger partial charge < -0.3 is 10.1 Å². The minimum absolute atomic E-state index is 0.174. The van der Waals surface area contributed by atoms with Gasteiger partial charge in [0.1, 0.15) is 11.6 Å². The smallest absolute Gasteiger partial charge is 0.261 e. The molecule has 2 aromatic carbocycles. The van der Waals surface area contributed by atoms with Gasteiger partial charge in [0.2, 0.25) is 0 Å². The number of ether oxygens (including phenoxy) is 1. The lowest BCUT2D eigenvalue weighted by Gasteiger charge is -2.21. The molecule has 0 aliphatic heterocycles. The van der Waals surface area contributed by atoms with Crippen LogP contribution in [0.1, 0.15) is 37.4 Å². The van der Waals surface area contributed by atoms with Gasteiger partial charge in [-0.2, -0.15) is 0 Å². The third-order valence-electron chi connectivity index (χ3n) is 3.75. The van der Waals surface area contributed by atoms with Crippen molar-refractivity contribution >= 4 is 5.91 Å². The molecule has 0 spiro atoms. The summed E-state index contributed by atoms with van der Waals surface area (Å²) in [5, 5.41) is 2.92. The standard InChI is InChI=1S/C19H22FNO2/c1-4-17(23-18-8-6-5-7-13(18)2)19(22)21-14(3)15-9-11-16(20)12-10-15/h5-12,14,17H,4H2,1-3H3,(H,21,22)/t14-,17-/m1/s1. The highest BCUT2D eigenvalue weighted by Crippen LogP contribution is 2.20. The van der Waals surface area contributed by atoms with Crippen LogP contribution in [-0.4, -0.2) is 12.0 Å². The highest BCUT2D eigenvalue weighted by atomic mass is 19.1. The highest BCUT2D eigenvalue weighted by molar-refractivity contribution is 5.81. The fourth-order valence-electron chi connectivity index (χ4n) is 2.31. The second kappa shape index (κ2) is 7.77. The van der Waals surface area contributed by atoms with E-state index in [0.29, 0.717) is 12.2 Å². The summed E-state index contributed by atoms with van der Waals surface area (Å²) in [4.78, 5) is 12.4. The summed E-state index contributed by atoms with van der Waals surface area (Å²) in [6.07, 6.45) is 0.00930. The van der Waals surface area contributed by atoms with Crippen molar-refractivity contribution < 1.29 is 13.9 Å². The SMILES string of the molecule is CC[C@@H](Oc1ccccc1C)C(=O)N[C@H](C)c1ccc(F)cc1. The quantitative estimate of drug-likeness (QED) is 0.869. The van der Waals surface area contributed by atoms with Gasteiger partial charge in [0.25, 0.3) is 5.91 Å². The number of hydrogen-bond donors (Lipinski definition) is 1. The zero-order valence-corrected chi connectivity index (χ0v) is 13.7. The number of hydrogen-bond acceptors (Lipinski definition) is 2. The molecular weight excluding hydrogens is 293 g/mol. The number of halogens is 1. The number of benzene rings is 2. The van der Waals surface area contributed by atoms with E-state index in [1.54, 1.807) is 12.1 Å². The van der Waals surface area contributed by atoms with Crippen molar-refractivity contribution in [3.63, 3.8) is 0 Å². The number of amides is 1. The molecule has 0 aliphatic carbocycles. The van der Waals surface area contributed by atoms with Crippen molar-refractivity contribution in [3.05, 3.63) is 65.5 Å². The Hall–Kier alpha value is -2.36. The summed E-state index contributed by atoms with van der Waals surface area (Å²) in [6.45, 7) is 5.72. The summed E-state index contributed by atoms with van der Waals surface area (Å²) >= 11 is 0. The van der Waals surface area contributed by atoms with E-state index >= 15 is 0 Å². The minimum atomic E-state index is -0.556. The van der Waals surface area contributed by atoms with Crippen molar-refractivity contribution in [2.24, 2.45) is 0 Å². The monoisotopic (exact) mass is 315 g/mol. The fourth-order valence-corrected chi connectivity index (χ4v) is 2.31. The third kappa shape index (κ3) is 4.55. The van der Waals surface area contributed by atoms with E-state index in [4.69, 9.17) is 4.74 Å². The summed E-state index contributed by atoms with van der Waals surface area (Å²) in [5.74, 6) is 0.248. The van der Waals surface area contributed by atoms with E-state index in [9.17, 15) is 9.18 Å². The van der Waals surface area contributed by atoms with Gasteiger partial charge in [0.05, 0.1) is 6.04 Å². The second-order valence-corrected chi connectivity index (χ2v) is 5.56. The average molecular weight is 315 g/mol. The zero-order valence-electron chi connectivity index (χ0n) is 13.7. The molecule has 3 nitrogen and oxygen atoms in total. The van der Waals surface area contributed by atoms with Crippen LogP contribution in [0.5, 0.6) is 5.75 Å². The van der Waals surface area contributed by atoms with E-state index in [-0.39, 0.29) is 17.8 Å². The summed E-state index contributed by atoms with van der Waals surface area (Å²) in [6, 6.07) is 13.5. The Bertz CT molecular complexity index is 655. The second-order valence-electron chi connectivity index (χ2n) is 5.56. The molecule has 0 fully saturated rings. The maximum absolute atomic E-state index is 13.0. The summed E-state index contributed by atoms with van der Waals surface area (Å²) in [5.41, 5.74) is 1.84. The molecule has 23 heavy (non-hydrogen) atoms. The number of nitrogens with one attached hydrogen (secondary N) is 1. The van der Waals surface area contributed by atoms with Crippen LogP contribution in [0.2, 0.25) is 0 Å².